The van der Waals surface area contributed by atoms with Gasteiger partial charge in [0.05, 0.1) is 0 Å². The molecule has 0 bridgehead atoms. The predicted molar refractivity (Wildman–Crippen MR) is 18.5 cm³/mol. The maximum Gasteiger partial charge on any atom is 0.419 e. The highest BCUT2D eigenvalue weighted by molar-refractivity contribution is 5.38. The number of rotatable bonds is 2. The molecule has 1 N–H and O–H groups in total. The van der Waals surface area contributed by atoms with Crippen molar-refractivity contribution < 1.29 is 14.6 Å². The molecular formula is C3H5O3. The summed E-state index contributed by atoms with van der Waals surface area (Å²) in [4.78, 5) is 9.11. The second-order valence-corrected chi connectivity index (χ2v) is 0.800. The lowest BCUT2D eigenvalue weighted by Gasteiger charge is -1.93. The van der Waals surface area contributed by atoms with E-state index in [1.54, 1.807) is 0 Å². The summed E-state index contributed by atoms with van der Waals surface area (Å²) in [5.41, 5.74) is 0. The molecule has 0 saturated carbocycles. The molecule has 0 fully saturated rings. The molecular weight excluding hydrogens is 84.0 g/mol. The Kier molecular flexibility index (Phi) is 2.40. The van der Waals surface area contributed by atoms with Crippen LogP contribution in [0.4, 0.5) is 0 Å². The molecule has 1 radical (unpaired) electrons. The van der Waals surface area contributed by atoms with Gasteiger partial charge in [-0.2, -0.15) is 0 Å². The fourth-order valence-electron chi connectivity index (χ4n) is 0.0696. The number of aliphatic hydroxyl groups excluding tert-OH is 1. The standard InChI is InChI=1S/C3H5O3/c1-3(5)6-2-4/h3,5H,1H3. The van der Waals surface area contributed by atoms with Crippen LogP contribution in [0.5, 0.6) is 0 Å². The van der Waals surface area contributed by atoms with Crippen molar-refractivity contribution in [1.29, 1.82) is 0 Å². The molecule has 0 spiro atoms. The van der Waals surface area contributed by atoms with Crippen molar-refractivity contribution in [2.24, 2.45) is 0 Å². The summed E-state index contributed by atoms with van der Waals surface area (Å²) < 4.78 is 3.79. The van der Waals surface area contributed by atoms with E-state index in [1.807, 2.05) is 0 Å². The van der Waals surface area contributed by atoms with Crippen LogP contribution in [0, 0.1) is 0 Å². The van der Waals surface area contributed by atoms with Gasteiger partial charge in [-0.25, -0.2) is 4.79 Å². The Hall–Kier alpha value is -0.570. The summed E-state index contributed by atoms with van der Waals surface area (Å²) in [5.74, 6) is 0. The molecule has 0 aliphatic rings. The van der Waals surface area contributed by atoms with Crippen LogP contribution < -0.4 is 0 Å². The fourth-order valence-corrected chi connectivity index (χ4v) is 0.0696. The van der Waals surface area contributed by atoms with E-state index >= 15 is 0 Å². The summed E-state index contributed by atoms with van der Waals surface area (Å²) in [5, 5.41) is 8.07. The molecule has 0 amide bonds. The van der Waals surface area contributed by atoms with Gasteiger partial charge in [-0.3, -0.25) is 0 Å². The summed E-state index contributed by atoms with van der Waals surface area (Å²) in [6.45, 7) is 2.39. The third-order valence-corrected chi connectivity index (χ3v) is 0.219. The number of hydrogen-bond acceptors (Lipinski definition) is 3. The molecule has 1 atom stereocenters. The summed E-state index contributed by atoms with van der Waals surface area (Å²) in [7, 11) is 0. The van der Waals surface area contributed by atoms with E-state index in [9.17, 15) is 0 Å². The maximum absolute atomic E-state index is 9.11. The highest BCUT2D eigenvalue weighted by Gasteiger charge is 1.87. The zero-order valence-electron chi connectivity index (χ0n) is 3.34. The first-order valence-corrected chi connectivity index (χ1v) is 1.48. The second-order valence-electron chi connectivity index (χ2n) is 0.800. The third kappa shape index (κ3) is 3.43. The van der Waals surface area contributed by atoms with Crippen LogP contribution in [0.3, 0.4) is 0 Å². The molecule has 0 rings (SSSR count). The highest BCUT2D eigenvalue weighted by Crippen LogP contribution is 1.74. The third-order valence-electron chi connectivity index (χ3n) is 0.219. The predicted octanol–water partition coefficient (Wildman–Crippen LogP) is -0.592. The van der Waals surface area contributed by atoms with Crippen LogP contribution in [0.2, 0.25) is 0 Å². The van der Waals surface area contributed by atoms with Crippen molar-refractivity contribution in [2.45, 2.75) is 13.2 Å². The number of carbonyl (C=O) groups excluding carboxylic acids is 1. The normalized spacial score (nSPS) is 13.0. The molecule has 0 aromatic rings. The average molecular weight is 89.1 g/mol. The van der Waals surface area contributed by atoms with E-state index in [0.717, 1.165) is 6.47 Å². The lowest BCUT2D eigenvalue weighted by molar-refractivity contribution is -0.0126. The second kappa shape index (κ2) is 2.66. The smallest absolute Gasteiger partial charge is 0.419 e. The van der Waals surface area contributed by atoms with E-state index in [-0.39, 0.29) is 0 Å². The van der Waals surface area contributed by atoms with E-state index in [0.29, 0.717) is 0 Å². The minimum Gasteiger partial charge on any atom is -0.428 e. The first-order valence-electron chi connectivity index (χ1n) is 1.48. The molecule has 0 aliphatic heterocycles. The number of ether oxygens (including phenoxy) is 1. The fraction of sp³-hybridized carbons (Fsp3) is 0.667. The largest absolute Gasteiger partial charge is 0.428 e. The van der Waals surface area contributed by atoms with Crippen molar-refractivity contribution in [2.75, 3.05) is 0 Å². The van der Waals surface area contributed by atoms with Gasteiger partial charge in [0.25, 0.3) is 0 Å². The molecule has 0 aromatic carbocycles. The van der Waals surface area contributed by atoms with Crippen LogP contribution in [-0.4, -0.2) is 17.9 Å². The van der Waals surface area contributed by atoms with Gasteiger partial charge >= 0.3 is 6.47 Å². The Bertz CT molecular complexity index is 41.3. The zero-order valence-corrected chi connectivity index (χ0v) is 3.34. The SMILES string of the molecule is CC(O)O[C]=O. The van der Waals surface area contributed by atoms with Crippen molar-refractivity contribution >= 4 is 6.47 Å². The maximum atomic E-state index is 9.11. The van der Waals surface area contributed by atoms with E-state index in [2.05, 4.69) is 4.74 Å². The van der Waals surface area contributed by atoms with Gasteiger partial charge in [0.2, 0.25) is 0 Å². The quantitative estimate of drug-likeness (QED) is 0.460. The van der Waals surface area contributed by atoms with Gasteiger partial charge < -0.3 is 9.84 Å². The Balaban J connectivity index is 2.81. The van der Waals surface area contributed by atoms with Crippen molar-refractivity contribution in [1.82, 2.24) is 0 Å². The Morgan fingerprint density at radius 3 is 2.50 bits per heavy atom. The Labute approximate surface area is 35.5 Å². The minimum absolute atomic E-state index is 1.03. The van der Waals surface area contributed by atoms with Crippen LogP contribution >= 0.6 is 0 Å². The highest BCUT2D eigenvalue weighted by atomic mass is 16.6. The monoisotopic (exact) mass is 89.0 g/mol. The Morgan fingerprint density at radius 2 is 2.50 bits per heavy atom. The molecule has 1 unspecified atom stereocenters. The van der Waals surface area contributed by atoms with Crippen LogP contribution in [-0.2, 0) is 9.53 Å². The lowest BCUT2D eigenvalue weighted by Crippen LogP contribution is -2.02. The molecule has 0 aromatic heterocycles. The van der Waals surface area contributed by atoms with Crippen LogP contribution in [0.15, 0.2) is 0 Å². The van der Waals surface area contributed by atoms with E-state index in [1.165, 1.54) is 6.92 Å². The number of hydrogen-bond donors (Lipinski definition) is 1. The molecule has 3 nitrogen and oxygen atoms in total. The molecule has 6 heavy (non-hydrogen) atoms. The zero-order chi connectivity index (χ0) is 4.99. The van der Waals surface area contributed by atoms with Crippen LogP contribution in [0.25, 0.3) is 0 Å². The summed E-state index contributed by atoms with van der Waals surface area (Å²) in [6.07, 6.45) is -1.03. The number of aliphatic hydroxyl groups is 1. The van der Waals surface area contributed by atoms with Crippen molar-refractivity contribution in [3.8, 4) is 0 Å². The van der Waals surface area contributed by atoms with Gasteiger partial charge in [0, 0.05) is 0 Å². The molecule has 0 saturated heterocycles. The first kappa shape index (κ1) is 5.43. The van der Waals surface area contributed by atoms with Crippen LogP contribution in [0.1, 0.15) is 6.92 Å². The summed E-state index contributed by atoms with van der Waals surface area (Å²) >= 11 is 0. The van der Waals surface area contributed by atoms with Gasteiger partial charge in [0.15, 0.2) is 6.29 Å². The molecule has 0 aliphatic carbocycles. The first-order chi connectivity index (χ1) is 2.77. The van der Waals surface area contributed by atoms with Gasteiger partial charge in [-0.05, 0) is 6.92 Å². The molecule has 35 valence electrons. The van der Waals surface area contributed by atoms with Crippen molar-refractivity contribution in [3.05, 3.63) is 0 Å². The lowest BCUT2D eigenvalue weighted by atomic mass is 10.8. The molecule has 0 heterocycles. The van der Waals surface area contributed by atoms with Gasteiger partial charge in [-0.15, -0.1) is 0 Å². The summed E-state index contributed by atoms with van der Waals surface area (Å²) in [6, 6.07) is 0. The van der Waals surface area contributed by atoms with E-state index in [4.69, 9.17) is 9.90 Å². The topological polar surface area (TPSA) is 46.5 Å². The van der Waals surface area contributed by atoms with E-state index < -0.39 is 6.29 Å². The van der Waals surface area contributed by atoms with Crippen molar-refractivity contribution in [3.63, 3.8) is 0 Å². The van der Waals surface area contributed by atoms with Gasteiger partial charge in [0.1, 0.15) is 0 Å². The average Bonchev–Trinajstić information content (AvgIpc) is 1.35. The molecule has 3 heteroatoms. The van der Waals surface area contributed by atoms with Gasteiger partial charge in [-0.1, -0.05) is 0 Å². The Morgan fingerprint density at radius 1 is 2.00 bits per heavy atom. The minimum atomic E-state index is -1.03.